The standard InChI is InChI=1S/C12H12BrN3OS/c1-16-6-7(13)5-9(16)11(17)15-12-14-8-3-2-4-10(8)18-12/h5-6H,2-4H2,1H3,(H,14,15,17). The van der Waals surface area contributed by atoms with Gasteiger partial charge in [-0.15, -0.1) is 11.3 Å². The Hall–Kier alpha value is -1.14. The Morgan fingerprint density at radius 2 is 2.39 bits per heavy atom. The molecule has 0 atom stereocenters. The SMILES string of the molecule is Cn1cc(Br)cc1C(=O)Nc1nc2c(s1)CCC2. The molecule has 4 nitrogen and oxygen atoms in total. The molecule has 0 fully saturated rings. The number of fused-ring (bicyclic) bond motifs is 1. The van der Waals surface area contributed by atoms with Crippen LogP contribution in [0.15, 0.2) is 16.7 Å². The summed E-state index contributed by atoms with van der Waals surface area (Å²) in [6.45, 7) is 0. The van der Waals surface area contributed by atoms with Gasteiger partial charge in [-0.2, -0.15) is 0 Å². The molecule has 0 radical (unpaired) electrons. The zero-order valence-corrected chi connectivity index (χ0v) is 12.3. The predicted molar refractivity (Wildman–Crippen MR) is 75.2 cm³/mol. The fraction of sp³-hybridized carbons (Fsp3) is 0.333. The minimum Gasteiger partial charge on any atom is -0.345 e. The molecule has 18 heavy (non-hydrogen) atoms. The molecule has 0 aromatic carbocycles. The third-order valence-corrected chi connectivity index (χ3v) is 4.53. The number of carbonyl (C=O) groups excluding carboxylic acids is 1. The molecule has 0 spiro atoms. The van der Waals surface area contributed by atoms with Gasteiger partial charge in [-0.1, -0.05) is 0 Å². The first kappa shape index (κ1) is 11.9. The minimum atomic E-state index is -0.115. The number of anilines is 1. The highest BCUT2D eigenvalue weighted by Crippen LogP contribution is 2.30. The number of halogens is 1. The monoisotopic (exact) mass is 325 g/mol. The van der Waals surface area contributed by atoms with E-state index in [0.29, 0.717) is 10.8 Å². The van der Waals surface area contributed by atoms with Crippen LogP contribution in [0.4, 0.5) is 5.13 Å². The van der Waals surface area contributed by atoms with E-state index in [1.165, 1.54) is 11.3 Å². The van der Waals surface area contributed by atoms with E-state index < -0.39 is 0 Å². The van der Waals surface area contributed by atoms with E-state index in [4.69, 9.17) is 0 Å². The fourth-order valence-electron chi connectivity index (χ4n) is 2.15. The van der Waals surface area contributed by atoms with Crippen molar-refractivity contribution in [1.82, 2.24) is 9.55 Å². The van der Waals surface area contributed by atoms with Gasteiger partial charge in [0.25, 0.3) is 5.91 Å². The largest absolute Gasteiger partial charge is 0.345 e. The maximum atomic E-state index is 12.1. The number of aryl methyl sites for hydroxylation is 3. The first-order valence-electron chi connectivity index (χ1n) is 5.75. The maximum absolute atomic E-state index is 12.1. The maximum Gasteiger partial charge on any atom is 0.274 e. The highest BCUT2D eigenvalue weighted by molar-refractivity contribution is 9.10. The summed E-state index contributed by atoms with van der Waals surface area (Å²) < 4.78 is 2.69. The lowest BCUT2D eigenvalue weighted by Gasteiger charge is -2.02. The molecule has 1 aliphatic carbocycles. The molecule has 94 valence electrons. The second-order valence-corrected chi connectivity index (χ2v) is 6.35. The molecule has 1 aliphatic rings. The van der Waals surface area contributed by atoms with Crippen LogP contribution in [0.5, 0.6) is 0 Å². The van der Waals surface area contributed by atoms with Crippen molar-refractivity contribution in [2.45, 2.75) is 19.3 Å². The van der Waals surface area contributed by atoms with Gasteiger partial charge in [0.1, 0.15) is 5.69 Å². The van der Waals surface area contributed by atoms with Crippen LogP contribution in [0.1, 0.15) is 27.5 Å². The van der Waals surface area contributed by atoms with Crippen molar-refractivity contribution in [3.63, 3.8) is 0 Å². The van der Waals surface area contributed by atoms with E-state index in [1.807, 2.05) is 13.2 Å². The van der Waals surface area contributed by atoms with Gasteiger partial charge in [-0.25, -0.2) is 4.98 Å². The molecule has 0 saturated heterocycles. The van der Waals surface area contributed by atoms with Gasteiger partial charge in [-0.05, 0) is 41.3 Å². The summed E-state index contributed by atoms with van der Waals surface area (Å²) in [5.74, 6) is -0.115. The number of hydrogen-bond acceptors (Lipinski definition) is 3. The average Bonchev–Trinajstić information content (AvgIpc) is 2.92. The van der Waals surface area contributed by atoms with Crippen LogP contribution >= 0.6 is 27.3 Å². The lowest BCUT2D eigenvalue weighted by Crippen LogP contribution is -2.15. The summed E-state index contributed by atoms with van der Waals surface area (Å²) in [4.78, 5) is 17.9. The molecule has 3 rings (SSSR count). The number of nitrogens with one attached hydrogen (secondary N) is 1. The normalized spacial score (nSPS) is 13.7. The molecule has 0 bridgehead atoms. The van der Waals surface area contributed by atoms with Crippen LogP contribution in [0.3, 0.4) is 0 Å². The molecule has 1 amide bonds. The number of nitrogens with zero attached hydrogens (tertiary/aromatic N) is 2. The van der Waals surface area contributed by atoms with Crippen molar-refractivity contribution in [2.75, 3.05) is 5.32 Å². The van der Waals surface area contributed by atoms with Crippen LogP contribution in [0.25, 0.3) is 0 Å². The van der Waals surface area contributed by atoms with Crippen LogP contribution in [0, 0.1) is 0 Å². The Labute approximate surface area is 117 Å². The summed E-state index contributed by atoms with van der Waals surface area (Å²) in [5.41, 5.74) is 1.78. The van der Waals surface area contributed by atoms with E-state index in [-0.39, 0.29) is 5.91 Å². The third kappa shape index (κ3) is 2.10. The topological polar surface area (TPSA) is 46.9 Å². The lowest BCUT2D eigenvalue weighted by molar-refractivity contribution is 0.101. The smallest absolute Gasteiger partial charge is 0.274 e. The van der Waals surface area contributed by atoms with E-state index in [1.54, 1.807) is 22.0 Å². The number of amides is 1. The molecule has 0 aliphatic heterocycles. The minimum absolute atomic E-state index is 0.115. The van der Waals surface area contributed by atoms with Gasteiger partial charge in [-0.3, -0.25) is 10.1 Å². The van der Waals surface area contributed by atoms with Gasteiger partial charge >= 0.3 is 0 Å². The molecule has 6 heteroatoms. The number of aromatic nitrogens is 2. The van der Waals surface area contributed by atoms with E-state index >= 15 is 0 Å². The van der Waals surface area contributed by atoms with Crippen LogP contribution in [-0.2, 0) is 19.9 Å². The fourth-order valence-corrected chi connectivity index (χ4v) is 3.72. The van der Waals surface area contributed by atoms with Crippen molar-refractivity contribution in [3.8, 4) is 0 Å². The molecule has 1 N–H and O–H groups in total. The van der Waals surface area contributed by atoms with Gasteiger partial charge < -0.3 is 4.57 Å². The summed E-state index contributed by atoms with van der Waals surface area (Å²) in [5, 5.41) is 3.58. The van der Waals surface area contributed by atoms with E-state index in [0.717, 1.165) is 23.0 Å². The predicted octanol–water partition coefficient (Wildman–Crippen LogP) is 2.99. The van der Waals surface area contributed by atoms with Gasteiger partial charge in [0, 0.05) is 22.6 Å². The number of rotatable bonds is 2. The van der Waals surface area contributed by atoms with Crippen molar-refractivity contribution in [1.29, 1.82) is 0 Å². The van der Waals surface area contributed by atoms with Crippen molar-refractivity contribution in [3.05, 3.63) is 33.0 Å². The highest BCUT2D eigenvalue weighted by Gasteiger charge is 2.19. The molecular formula is C12H12BrN3OS. The molecule has 2 aromatic rings. The first-order valence-corrected chi connectivity index (χ1v) is 7.36. The van der Waals surface area contributed by atoms with Crippen LogP contribution < -0.4 is 5.32 Å². The Morgan fingerprint density at radius 1 is 1.56 bits per heavy atom. The van der Waals surface area contributed by atoms with Crippen LogP contribution in [-0.4, -0.2) is 15.5 Å². The van der Waals surface area contributed by atoms with Gasteiger partial charge in [0.05, 0.1) is 5.69 Å². The third-order valence-electron chi connectivity index (χ3n) is 3.02. The van der Waals surface area contributed by atoms with Crippen molar-refractivity contribution < 1.29 is 4.79 Å². The molecular weight excluding hydrogens is 314 g/mol. The number of thiazole rings is 1. The van der Waals surface area contributed by atoms with Gasteiger partial charge in [0.15, 0.2) is 5.13 Å². The van der Waals surface area contributed by atoms with Crippen molar-refractivity contribution >= 4 is 38.3 Å². The Morgan fingerprint density at radius 3 is 3.06 bits per heavy atom. The van der Waals surface area contributed by atoms with E-state index in [2.05, 4.69) is 26.2 Å². The summed E-state index contributed by atoms with van der Waals surface area (Å²) in [6, 6.07) is 1.80. The van der Waals surface area contributed by atoms with E-state index in [9.17, 15) is 4.79 Å². The zero-order chi connectivity index (χ0) is 12.7. The molecule has 2 heterocycles. The Kier molecular flexibility index (Phi) is 2.99. The Balaban J connectivity index is 1.79. The Bertz CT molecular complexity index is 595. The zero-order valence-electron chi connectivity index (χ0n) is 9.86. The van der Waals surface area contributed by atoms with Gasteiger partial charge in [0.2, 0.25) is 0 Å². The van der Waals surface area contributed by atoms with Crippen LogP contribution in [0.2, 0.25) is 0 Å². The summed E-state index contributed by atoms with van der Waals surface area (Å²) >= 11 is 4.95. The quantitative estimate of drug-likeness (QED) is 0.922. The second-order valence-electron chi connectivity index (χ2n) is 4.35. The molecule has 2 aromatic heterocycles. The first-order chi connectivity index (χ1) is 8.63. The number of hydrogen-bond donors (Lipinski definition) is 1. The summed E-state index contributed by atoms with van der Waals surface area (Å²) in [7, 11) is 1.85. The second kappa shape index (κ2) is 4.51. The van der Waals surface area contributed by atoms with Crippen molar-refractivity contribution in [2.24, 2.45) is 7.05 Å². The number of carbonyl (C=O) groups is 1. The summed E-state index contributed by atoms with van der Waals surface area (Å²) in [6.07, 6.45) is 5.18. The molecule has 0 unspecified atom stereocenters. The average molecular weight is 326 g/mol. The highest BCUT2D eigenvalue weighted by atomic mass is 79.9. The molecule has 0 saturated carbocycles. The lowest BCUT2D eigenvalue weighted by atomic mass is 10.4.